The lowest BCUT2D eigenvalue weighted by atomic mass is 10.2. The van der Waals surface area contributed by atoms with Gasteiger partial charge in [0.05, 0.1) is 11.6 Å². The first-order chi connectivity index (χ1) is 7.29. The molecule has 0 saturated heterocycles. The summed E-state index contributed by atoms with van der Waals surface area (Å²) in [6, 6.07) is 11.8. The van der Waals surface area contributed by atoms with E-state index in [0.29, 0.717) is 5.88 Å². The minimum atomic E-state index is 0.420. The number of hydrogen-bond donors (Lipinski definition) is 0. The van der Waals surface area contributed by atoms with Crippen molar-refractivity contribution in [1.82, 2.24) is 9.97 Å². The highest BCUT2D eigenvalue weighted by atomic mass is 35.5. The molecule has 0 saturated carbocycles. The van der Waals surface area contributed by atoms with E-state index in [1.54, 1.807) is 0 Å². The number of benzene rings is 1. The first-order valence-electron chi connectivity index (χ1n) is 4.75. The molecule has 0 aliphatic carbocycles. The summed E-state index contributed by atoms with van der Waals surface area (Å²) in [6.45, 7) is 1.95. The second-order valence-electron chi connectivity index (χ2n) is 3.32. The number of aryl methyl sites for hydroxylation is 1. The van der Waals surface area contributed by atoms with Crippen LogP contribution in [-0.4, -0.2) is 9.97 Å². The second kappa shape index (κ2) is 4.41. The van der Waals surface area contributed by atoms with E-state index in [1.807, 2.05) is 43.3 Å². The molecule has 3 heteroatoms. The quantitative estimate of drug-likeness (QED) is 0.724. The van der Waals surface area contributed by atoms with Gasteiger partial charge in [0, 0.05) is 11.3 Å². The maximum atomic E-state index is 5.77. The zero-order valence-corrected chi connectivity index (χ0v) is 9.20. The van der Waals surface area contributed by atoms with E-state index in [0.717, 1.165) is 22.8 Å². The maximum Gasteiger partial charge on any atom is 0.159 e. The van der Waals surface area contributed by atoms with Gasteiger partial charge in [-0.2, -0.15) is 0 Å². The monoisotopic (exact) mass is 218 g/mol. The molecule has 0 bridgehead atoms. The second-order valence-corrected chi connectivity index (χ2v) is 3.59. The molecule has 1 heterocycles. The van der Waals surface area contributed by atoms with Gasteiger partial charge in [-0.1, -0.05) is 30.3 Å². The molecule has 0 radical (unpaired) electrons. The lowest BCUT2D eigenvalue weighted by molar-refractivity contribution is 1.05. The first kappa shape index (κ1) is 10.1. The Labute approximate surface area is 94.0 Å². The van der Waals surface area contributed by atoms with Gasteiger partial charge in [0.1, 0.15) is 0 Å². The highest BCUT2D eigenvalue weighted by molar-refractivity contribution is 6.16. The zero-order valence-electron chi connectivity index (χ0n) is 8.44. The molecule has 0 aliphatic heterocycles. The predicted octanol–water partition coefficient (Wildman–Crippen LogP) is 3.19. The molecule has 0 unspecified atom stereocenters. The van der Waals surface area contributed by atoms with Gasteiger partial charge in [0.15, 0.2) is 5.82 Å². The molecular weight excluding hydrogens is 208 g/mol. The summed E-state index contributed by atoms with van der Waals surface area (Å²) < 4.78 is 0. The summed E-state index contributed by atoms with van der Waals surface area (Å²) in [5.41, 5.74) is 2.83. The van der Waals surface area contributed by atoms with Crippen molar-refractivity contribution in [3.05, 3.63) is 47.8 Å². The van der Waals surface area contributed by atoms with Gasteiger partial charge in [-0.3, -0.25) is 0 Å². The molecule has 1 aromatic heterocycles. The summed E-state index contributed by atoms with van der Waals surface area (Å²) in [5, 5.41) is 0. The number of hydrogen-bond acceptors (Lipinski definition) is 2. The lowest BCUT2D eigenvalue weighted by Crippen LogP contribution is -1.95. The van der Waals surface area contributed by atoms with Crippen LogP contribution in [0.4, 0.5) is 0 Å². The highest BCUT2D eigenvalue weighted by Gasteiger charge is 2.03. The van der Waals surface area contributed by atoms with Crippen molar-refractivity contribution in [3.8, 4) is 11.4 Å². The minimum Gasteiger partial charge on any atom is -0.233 e. The van der Waals surface area contributed by atoms with E-state index >= 15 is 0 Å². The van der Waals surface area contributed by atoms with E-state index in [4.69, 9.17) is 11.6 Å². The average Bonchev–Trinajstić information content (AvgIpc) is 2.29. The third-order valence-corrected chi connectivity index (χ3v) is 2.35. The van der Waals surface area contributed by atoms with Crippen molar-refractivity contribution in [2.75, 3.05) is 0 Å². The van der Waals surface area contributed by atoms with Crippen LogP contribution in [0.1, 0.15) is 11.4 Å². The van der Waals surface area contributed by atoms with Gasteiger partial charge < -0.3 is 0 Å². The van der Waals surface area contributed by atoms with Crippen LogP contribution in [0.15, 0.2) is 36.4 Å². The first-order valence-corrected chi connectivity index (χ1v) is 5.29. The Balaban J connectivity index is 2.49. The fraction of sp³-hybridized carbons (Fsp3) is 0.167. The van der Waals surface area contributed by atoms with Crippen LogP contribution in [0, 0.1) is 6.92 Å². The van der Waals surface area contributed by atoms with Crippen LogP contribution in [0.2, 0.25) is 0 Å². The van der Waals surface area contributed by atoms with E-state index in [-0.39, 0.29) is 0 Å². The predicted molar refractivity (Wildman–Crippen MR) is 61.8 cm³/mol. The van der Waals surface area contributed by atoms with Crippen molar-refractivity contribution in [3.63, 3.8) is 0 Å². The molecule has 76 valence electrons. The topological polar surface area (TPSA) is 25.8 Å². The standard InChI is InChI=1S/C12H11ClN2/c1-9-7-11(8-13)15-12(14-9)10-5-3-2-4-6-10/h2-7H,8H2,1H3. The number of alkyl halides is 1. The molecule has 15 heavy (non-hydrogen) atoms. The van der Waals surface area contributed by atoms with Gasteiger partial charge in [0.25, 0.3) is 0 Å². The van der Waals surface area contributed by atoms with Gasteiger partial charge in [-0.15, -0.1) is 11.6 Å². The fourth-order valence-electron chi connectivity index (χ4n) is 1.42. The van der Waals surface area contributed by atoms with Crippen LogP contribution in [-0.2, 0) is 5.88 Å². The number of nitrogens with zero attached hydrogens (tertiary/aromatic N) is 2. The molecule has 2 rings (SSSR count). The summed E-state index contributed by atoms with van der Waals surface area (Å²) in [6.07, 6.45) is 0. The molecule has 0 spiro atoms. The Morgan fingerprint density at radius 2 is 1.87 bits per heavy atom. The molecular formula is C12H11ClN2. The van der Waals surface area contributed by atoms with Crippen molar-refractivity contribution >= 4 is 11.6 Å². The van der Waals surface area contributed by atoms with E-state index in [2.05, 4.69) is 9.97 Å². The van der Waals surface area contributed by atoms with E-state index in [9.17, 15) is 0 Å². The molecule has 0 amide bonds. The molecule has 0 aliphatic rings. The smallest absolute Gasteiger partial charge is 0.159 e. The molecule has 0 fully saturated rings. The van der Waals surface area contributed by atoms with Crippen LogP contribution in [0.3, 0.4) is 0 Å². The SMILES string of the molecule is Cc1cc(CCl)nc(-c2ccccc2)n1. The molecule has 1 aromatic carbocycles. The normalized spacial score (nSPS) is 10.3. The van der Waals surface area contributed by atoms with Gasteiger partial charge in [-0.05, 0) is 13.0 Å². The van der Waals surface area contributed by atoms with Gasteiger partial charge >= 0.3 is 0 Å². The molecule has 0 N–H and O–H groups in total. The average molecular weight is 219 g/mol. The van der Waals surface area contributed by atoms with E-state index < -0.39 is 0 Å². The van der Waals surface area contributed by atoms with Gasteiger partial charge in [-0.25, -0.2) is 9.97 Å². The molecule has 0 atom stereocenters. The molecule has 2 nitrogen and oxygen atoms in total. The fourth-order valence-corrected chi connectivity index (χ4v) is 1.56. The van der Waals surface area contributed by atoms with Crippen molar-refractivity contribution in [1.29, 1.82) is 0 Å². The highest BCUT2D eigenvalue weighted by Crippen LogP contribution is 2.15. The lowest BCUT2D eigenvalue weighted by Gasteiger charge is -2.03. The third-order valence-electron chi connectivity index (χ3n) is 2.08. The Bertz CT molecular complexity index is 454. The van der Waals surface area contributed by atoms with Crippen LogP contribution < -0.4 is 0 Å². The van der Waals surface area contributed by atoms with Gasteiger partial charge in [0.2, 0.25) is 0 Å². The van der Waals surface area contributed by atoms with Crippen molar-refractivity contribution in [2.24, 2.45) is 0 Å². The zero-order chi connectivity index (χ0) is 10.7. The Hall–Kier alpha value is -1.41. The van der Waals surface area contributed by atoms with Crippen LogP contribution in [0.5, 0.6) is 0 Å². The van der Waals surface area contributed by atoms with Crippen molar-refractivity contribution < 1.29 is 0 Å². The Kier molecular flexibility index (Phi) is 2.97. The minimum absolute atomic E-state index is 0.420. The molecule has 2 aromatic rings. The summed E-state index contributed by atoms with van der Waals surface area (Å²) in [7, 11) is 0. The number of aromatic nitrogens is 2. The van der Waals surface area contributed by atoms with Crippen LogP contribution >= 0.6 is 11.6 Å². The summed E-state index contributed by atoms with van der Waals surface area (Å²) in [5.74, 6) is 1.16. The summed E-state index contributed by atoms with van der Waals surface area (Å²) in [4.78, 5) is 8.76. The summed E-state index contributed by atoms with van der Waals surface area (Å²) >= 11 is 5.77. The number of rotatable bonds is 2. The van der Waals surface area contributed by atoms with Crippen LogP contribution in [0.25, 0.3) is 11.4 Å². The van der Waals surface area contributed by atoms with Crippen molar-refractivity contribution in [2.45, 2.75) is 12.8 Å². The maximum absolute atomic E-state index is 5.77. The largest absolute Gasteiger partial charge is 0.233 e. The Morgan fingerprint density at radius 3 is 2.53 bits per heavy atom. The third kappa shape index (κ3) is 2.34. The van der Waals surface area contributed by atoms with E-state index in [1.165, 1.54) is 0 Å². The Morgan fingerprint density at radius 1 is 1.13 bits per heavy atom. The number of halogens is 1.